The average Bonchev–Trinajstić information content (AvgIpc) is 3.11. The van der Waals surface area contributed by atoms with Gasteiger partial charge in [0.1, 0.15) is 11.1 Å². The summed E-state index contributed by atoms with van der Waals surface area (Å²) >= 11 is 1.70. The summed E-state index contributed by atoms with van der Waals surface area (Å²) < 4.78 is 5.16. The van der Waals surface area contributed by atoms with Crippen LogP contribution in [0, 0.1) is 10.1 Å². The number of carbonyl (C=O) groups excluding carboxylic acids is 1. The van der Waals surface area contributed by atoms with Crippen molar-refractivity contribution < 1.29 is 14.5 Å². The van der Waals surface area contributed by atoms with Gasteiger partial charge >= 0.3 is 0 Å². The number of ether oxygens (including phenoxy) is 1. The van der Waals surface area contributed by atoms with Crippen LogP contribution in [0.5, 0.6) is 5.75 Å². The number of non-ortho nitro benzene ring substituents is 1. The number of methoxy groups -OCH3 is 1. The Morgan fingerprint density at radius 2 is 1.88 bits per heavy atom. The number of nitro groups is 1. The van der Waals surface area contributed by atoms with Gasteiger partial charge < -0.3 is 9.64 Å². The molecule has 1 amide bonds. The van der Waals surface area contributed by atoms with Gasteiger partial charge in [-0.3, -0.25) is 14.9 Å². The van der Waals surface area contributed by atoms with Crippen molar-refractivity contribution in [3.05, 3.63) is 69.8 Å². The van der Waals surface area contributed by atoms with Gasteiger partial charge in [0, 0.05) is 30.0 Å². The first-order chi connectivity index (χ1) is 11.6. The second kappa shape index (κ2) is 6.92. The molecule has 0 unspecified atom stereocenters. The molecule has 6 nitrogen and oxygen atoms in total. The van der Waals surface area contributed by atoms with Gasteiger partial charge in [0.2, 0.25) is 0 Å². The lowest BCUT2D eigenvalue weighted by molar-refractivity contribution is -0.384. The molecule has 1 fully saturated rings. The molecule has 2 aromatic rings. The number of amides is 1. The molecule has 7 heteroatoms. The van der Waals surface area contributed by atoms with E-state index in [4.69, 9.17) is 4.74 Å². The highest BCUT2D eigenvalue weighted by molar-refractivity contribution is 7.99. The molecule has 1 aliphatic rings. The first-order valence-corrected chi connectivity index (χ1v) is 8.46. The van der Waals surface area contributed by atoms with Crippen LogP contribution in [0.15, 0.2) is 48.5 Å². The van der Waals surface area contributed by atoms with Gasteiger partial charge in [-0.1, -0.05) is 12.1 Å². The molecular formula is C17H16N2O4S. The fourth-order valence-electron chi connectivity index (χ4n) is 2.61. The monoisotopic (exact) mass is 344 g/mol. The topological polar surface area (TPSA) is 72.7 Å². The molecule has 1 heterocycles. The van der Waals surface area contributed by atoms with Crippen molar-refractivity contribution in [1.29, 1.82) is 0 Å². The third-order valence-electron chi connectivity index (χ3n) is 3.88. The molecule has 1 saturated heterocycles. The van der Waals surface area contributed by atoms with Gasteiger partial charge in [0.25, 0.3) is 11.6 Å². The first-order valence-electron chi connectivity index (χ1n) is 7.41. The lowest BCUT2D eigenvalue weighted by Gasteiger charge is -2.24. The summed E-state index contributed by atoms with van der Waals surface area (Å²) in [5, 5.41) is 10.7. The van der Waals surface area contributed by atoms with Crippen molar-refractivity contribution >= 4 is 23.4 Å². The van der Waals surface area contributed by atoms with Gasteiger partial charge in [0.05, 0.1) is 12.0 Å². The first kappa shape index (κ1) is 16.3. The zero-order valence-electron chi connectivity index (χ0n) is 13.0. The van der Waals surface area contributed by atoms with E-state index >= 15 is 0 Å². The zero-order valence-corrected chi connectivity index (χ0v) is 13.9. The van der Waals surface area contributed by atoms with Gasteiger partial charge in [-0.05, 0) is 29.8 Å². The highest BCUT2D eigenvalue weighted by atomic mass is 32.2. The van der Waals surface area contributed by atoms with E-state index in [1.54, 1.807) is 23.8 Å². The van der Waals surface area contributed by atoms with Crippen molar-refractivity contribution in [2.45, 2.75) is 5.37 Å². The highest BCUT2D eigenvalue weighted by Gasteiger charge is 2.31. The van der Waals surface area contributed by atoms with Crippen LogP contribution in [0.3, 0.4) is 0 Å². The Morgan fingerprint density at radius 3 is 2.46 bits per heavy atom. The van der Waals surface area contributed by atoms with E-state index in [0.29, 0.717) is 12.1 Å². The molecule has 1 atom stereocenters. The summed E-state index contributed by atoms with van der Waals surface area (Å²) in [6.45, 7) is 0.650. The predicted molar refractivity (Wildman–Crippen MR) is 92.3 cm³/mol. The Bertz CT molecular complexity index is 746. The van der Waals surface area contributed by atoms with Crippen molar-refractivity contribution in [3.8, 4) is 5.75 Å². The summed E-state index contributed by atoms with van der Waals surface area (Å²) in [6.07, 6.45) is 0. The highest BCUT2D eigenvalue weighted by Crippen LogP contribution is 2.39. The van der Waals surface area contributed by atoms with Crippen LogP contribution in [-0.2, 0) is 0 Å². The molecule has 124 valence electrons. The number of hydrogen-bond acceptors (Lipinski definition) is 5. The molecule has 0 saturated carbocycles. The largest absolute Gasteiger partial charge is 0.497 e. The van der Waals surface area contributed by atoms with Gasteiger partial charge in [-0.25, -0.2) is 0 Å². The van der Waals surface area contributed by atoms with Crippen LogP contribution < -0.4 is 4.74 Å². The number of nitrogens with zero attached hydrogens (tertiary/aromatic N) is 2. The number of thioether (sulfide) groups is 1. The lowest BCUT2D eigenvalue weighted by atomic mass is 10.1. The van der Waals surface area contributed by atoms with Crippen LogP contribution in [0.2, 0.25) is 0 Å². The van der Waals surface area contributed by atoms with E-state index in [9.17, 15) is 14.9 Å². The zero-order chi connectivity index (χ0) is 17.1. The fourth-order valence-corrected chi connectivity index (χ4v) is 3.87. The van der Waals surface area contributed by atoms with E-state index in [1.807, 2.05) is 24.3 Å². The van der Waals surface area contributed by atoms with Crippen molar-refractivity contribution in [1.82, 2.24) is 4.90 Å². The summed E-state index contributed by atoms with van der Waals surface area (Å²) in [7, 11) is 1.61. The van der Waals surface area contributed by atoms with Crippen LogP contribution in [0.4, 0.5) is 5.69 Å². The fraction of sp³-hybridized carbons (Fsp3) is 0.235. The van der Waals surface area contributed by atoms with Crippen LogP contribution in [0.25, 0.3) is 0 Å². The molecule has 3 rings (SSSR count). The quantitative estimate of drug-likeness (QED) is 0.627. The number of nitro benzene ring substituents is 1. The Balaban J connectivity index is 1.81. The third-order valence-corrected chi connectivity index (χ3v) is 5.14. The Labute approximate surface area is 143 Å². The van der Waals surface area contributed by atoms with Gasteiger partial charge in [0.15, 0.2) is 0 Å². The van der Waals surface area contributed by atoms with E-state index < -0.39 is 4.92 Å². The minimum atomic E-state index is -0.472. The molecule has 24 heavy (non-hydrogen) atoms. The minimum absolute atomic E-state index is 0.0194. The SMILES string of the molecule is COc1ccc([C@@H]2SCCN2C(=O)c2ccc([N+](=O)[O-])cc2)cc1. The summed E-state index contributed by atoms with van der Waals surface area (Å²) in [5.74, 6) is 1.51. The normalized spacial score (nSPS) is 16.9. The van der Waals surface area contributed by atoms with Crippen LogP contribution >= 0.6 is 11.8 Å². The second-order valence-corrected chi connectivity index (χ2v) is 6.49. The third kappa shape index (κ3) is 3.21. The molecule has 2 aromatic carbocycles. The van der Waals surface area contributed by atoms with Gasteiger partial charge in [-0.2, -0.15) is 0 Å². The molecule has 0 radical (unpaired) electrons. The maximum atomic E-state index is 12.8. The lowest BCUT2D eigenvalue weighted by Crippen LogP contribution is -2.30. The van der Waals surface area contributed by atoms with E-state index in [2.05, 4.69) is 0 Å². The Hall–Kier alpha value is -2.54. The summed E-state index contributed by atoms with van der Waals surface area (Å²) in [5.41, 5.74) is 1.48. The molecule has 0 N–H and O–H groups in total. The molecule has 0 spiro atoms. The van der Waals surface area contributed by atoms with E-state index in [0.717, 1.165) is 17.1 Å². The maximum absolute atomic E-state index is 12.8. The average molecular weight is 344 g/mol. The summed E-state index contributed by atoms with van der Waals surface area (Å²) in [4.78, 5) is 24.8. The van der Waals surface area contributed by atoms with Gasteiger partial charge in [-0.15, -0.1) is 11.8 Å². The standard InChI is InChI=1S/C17H16N2O4S/c1-23-15-8-4-13(5-9-15)17-18(10-11-24-17)16(20)12-2-6-14(7-3-12)19(21)22/h2-9,17H,10-11H2,1H3/t17-/m0/s1. The second-order valence-electron chi connectivity index (χ2n) is 5.30. The number of carbonyl (C=O) groups is 1. The molecule has 1 aliphatic heterocycles. The van der Waals surface area contributed by atoms with Crippen molar-refractivity contribution in [3.63, 3.8) is 0 Å². The maximum Gasteiger partial charge on any atom is 0.269 e. The number of hydrogen-bond donors (Lipinski definition) is 0. The van der Waals surface area contributed by atoms with Crippen LogP contribution in [-0.4, -0.2) is 35.1 Å². The molecule has 0 aliphatic carbocycles. The number of benzene rings is 2. The molecule has 0 bridgehead atoms. The predicted octanol–water partition coefficient (Wildman–Crippen LogP) is 3.49. The molecule has 0 aromatic heterocycles. The summed E-state index contributed by atoms with van der Waals surface area (Å²) in [6, 6.07) is 13.4. The Morgan fingerprint density at radius 1 is 1.21 bits per heavy atom. The smallest absolute Gasteiger partial charge is 0.269 e. The number of rotatable bonds is 4. The minimum Gasteiger partial charge on any atom is -0.497 e. The Kier molecular flexibility index (Phi) is 4.71. The molecular weight excluding hydrogens is 328 g/mol. The van der Waals surface area contributed by atoms with E-state index in [1.165, 1.54) is 24.3 Å². The van der Waals surface area contributed by atoms with E-state index in [-0.39, 0.29) is 17.0 Å². The van der Waals surface area contributed by atoms with Crippen molar-refractivity contribution in [2.24, 2.45) is 0 Å². The van der Waals surface area contributed by atoms with Crippen LogP contribution in [0.1, 0.15) is 21.3 Å². The van der Waals surface area contributed by atoms with Crippen molar-refractivity contribution in [2.75, 3.05) is 19.4 Å².